The van der Waals surface area contributed by atoms with Crippen molar-refractivity contribution in [3.63, 3.8) is 0 Å². The monoisotopic (exact) mass is 254 g/mol. The highest BCUT2D eigenvalue weighted by molar-refractivity contribution is 5.68. The average Bonchev–Trinajstić information content (AvgIpc) is 2.61. The highest BCUT2D eigenvalue weighted by Gasteiger charge is 2.30. The van der Waals surface area contributed by atoms with Gasteiger partial charge in [0.1, 0.15) is 5.60 Å². The van der Waals surface area contributed by atoms with Crippen molar-refractivity contribution in [2.24, 2.45) is 5.92 Å². The molecule has 4 heteroatoms. The van der Waals surface area contributed by atoms with E-state index in [0.29, 0.717) is 6.04 Å². The van der Waals surface area contributed by atoms with Crippen LogP contribution in [0, 0.1) is 5.92 Å². The van der Waals surface area contributed by atoms with E-state index in [1.165, 1.54) is 19.3 Å². The van der Waals surface area contributed by atoms with Crippen molar-refractivity contribution in [3.05, 3.63) is 0 Å². The summed E-state index contributed by atoms with van der Waals surface area (Å²) in [5.41, 5.74) is -0.394. The Labute approximate surface area is 110 Å². The third-order valence-corrected chi connectivity index (χ3v) is 3.76. The van der Waals surface area contributed by atoms with E-state index < -0.39 is 5.60 Å². The Morgan fingerprint density at radius 2 is 2.06 bits per heavy atom. The first-order chi connectivity index (χ1) is 8.44. The van der Waals surface area contributed by atoms with Gasteiger partial charge in [0.2, 0.25) is 0 Å². The van der Waals surface area contributed by atoms with Crippen molar-refractivity contribution in [2.75, 3.05) is 19.6 Å². The average molecular weight is 254 g/mol. The molecular weight excluding hydrogens is 228 g/mol. The van der Waals surface area contributed by atoms with Gasteiger partial charge in [0.25, 0.3) is 0 Å². The molecule has 1 N–H and O–H groups in total. The highest BCUT2D eigenvalue weighted by atomic mass is 16.6. The number of nitrogens with one attached hydrogen (secondary N) is 1. The van der Waals surface area contributed by atoms with Crippen LogP contribution < -0.4 is 5.32 Å². The van der Waals surface area contributed by atoms with E-state index in [4.69, 9.17) is 4.74 Å². The summed E-state index contributed by atoms with van der Waals surface area (Å²) in [6, 6.07) is 0.457. The van der Waals surface area contributed by atoms with Crippen LogP contribution in [0.1, 0.15) is 46.5 Å². The fraction of sp³-hybridized carbons (Fsp3) is 0.929. The van der Waals surface area contributed by atoms with Crippen LogP contribution in [0.5, 0.6) is 0 Å². The Hall–Kier alpha value is -0.770. The molecular formula is C14H26N2O2. The number of likely N-dealkylation sites (tertiary alicyclic amines) is 1. The lowest BCUT2D eigenvalue weighted by Crippen LogP contribution is -2.40. The number of hydrogen-bond acceptors (Lipinski definition) is 3. The number of ether oxygens (including phenoxy) is 1. The number of nitrogens with zero attached hydrogens (tertiary/aromatic N) is 1. The minimum Gasteiger partial charge on any atom is -0.444 e. The Morgan fingerprint density at radius 1 is 1.33 bits per heavy atom. The lowest BCUT2D eigenvalue weighted by Gasteiger charge is -2.27. The van der Waals surface area contributed by atoms with E-state index in [1.807, 2.05) is 25.7 Å². The summed E-state index contributed by atoms with van der Waals surface area (Å²) in [7, 11) is 0. The van der Waals surface area contributed by atoms with Gasteiger partial charge in [-0.25, -0.2) is 4.79 Å². The van der Waals surface area contributed by atoms with Gasteiger partial charge in [-0.3, -0.25) is 0 Å². The fourth-order valence-electron chi connectivity index (χ4n) is 2.45. The van der Waals surface area contributed by atoms with Gasteiger partial charge in [0.15, 0.2) is 0 Å². The van der Waals surface area contributed by atoms with E-state index in [-0.39, 0.29) is 6.09 Å². The van der Waals surface area contributed by atoms with Gasteiger partial charge >= 0.3 is 6.09 Å². The van der Waals surface area contributed by atoms with E-state index in [0.717, 1.165) is 32.0 Å². The van der Waals surface area contributed by atoms with E-state index in [2.05, 4.69) is 5.32 Å². The van der Waals surface area contributed by atoms with Crippen molar-refractivity contribution in [3.8, 4) is 0 Å². The van der Waals surface area contributed by atoms with Gasteiger partial charge in [-0.2, -0.15) is 0 Å². The number of amides is 1. The van der Waals surface area contributed by atoms with Crippen LogP contribution >= 0.6 is 0 Å². The fourth-order valence-corrected chi connectivity index (χ4v) is 2.45. The molecule has 2 fully saturated rings. The quantitative estimate of drug-likeness (QED) is 0.841. The maximum absolute atomic E-state index is 11.9. The Bertz CT molecular complexity index is 295. The number of hydrogen-bond donors (Lipinski definition) is 1. The molecule has 0 radical (unpaired) electrons. The van der Waals surface area contributed by atoms with Crippen molar-refractivity contribution in [2.45, 2.75) is 58.1 Å². The Balaban J connectivity index is 1.68. The normalized spacial score (nSPS) is 25.1. The lowest BCUT2D eigenvalue weighted by atomic mass is 9.85. The second-order valence-electron chi connectivity index (χ2n) is 6.62. The first-order valence-corrected chi connectivity index (χ1v) is 7.15. The van der Waals surface area contributed by atoms with Gasteiger partial charge in [0.05, 0.1) is 0 Å². The molecule has 0 aromatic heterocycles. The molecule has 1 amide bonds. The molecule has 0 aromatic rings. The SMILES string of the molecule is CC(C)(C)OC(=O)N1CCC(NCC2CCC2)C1. The molecule has 2 aliphatic rings. The van der Waals surface area contributed by atoms with Crippen LogP contribution in [0.4, 0.5) is 4.79 Å². The van der Waals surface area contributed by atoms with Gasteiger partial charge in [0, 0.05) is 19.1 Å². The molecule has 0 aromatic carbocycles. The van der Waals surface area contributed by atoms with Crippen LogP contribution in [0.3, 0.4) is 0 Å². The summed E-state index contributed by atoms with van der Waals surface area (Å²) in [5.74, 6) is 0.876. The topological polar surface area (TPSA) is 41.6 Å². The molecule has 1 unspecified atom stereocenters. The van der Waals surface area contributed by atoms with E-state index in [1.54, 1.807) is 0 Å². The molecule has 1 aliphatic heterocycles. The van der Waals surface area contributed by atoms with Crippen LogP contribution in [-0.4, -0.2) is 42.3 Å². The molecule has 104 valence electrons. The first-order valence-electron chi connectivity index (χ1n) is 7.15. The molecule has 1 heterocycles. The van der Waals surface area contributed by atoms with E-state index >= 15 is 0 Å². The third kappa shape index (κ3) is 3.87. The summed E-state index contributed by atoms with van der Waals surface area (Å²) in [6.07, 6.45) is 5.01. The predicted molar refractivity (Wildman–Crippen MR) is 71.6 cm³/mol. The zero-order chi connectivity index (χ0) is 13.2. The summed E-state index contributed by atoms with van der Waals surface area (Å²) in [4.78, 5) is 13.7. The molecule has 1 atom stereocenters. The van der Waals surface area contributed by atoms with Crippen molar-refractivity contribution in [1.29, 1.82) is 0 Å². The van der Waals surface area contributed by atoms with Crippen LogP contribution in [-0.2, 0) is 4.74 Å². The molecule has 2 rings (SSSR count). The smallest absolute Gasteiger partial charge is 0.410 e. The molecule has 18 heavy (non-hydrogen) atoms. The van der Waals surface area contributed by atoms with Gasteiger partial charge in [-0.15, -0.1) is 0 Å². The van der Waals surface area contributed by atoms with Crippen LogP contribution in [0.2, 0.25) is 0 Å². The van der Waals surface area contributed by atoms with Crippen molar-refractivity contribution in [1.82, 2.24) is 10.2 Å². The minimum absolute atomic E-state index is 0.171. The zero-order valence-corrected chi connectivity index (χ0v) is 11.9. The molecule has 1 aliphatic carbocycles. The zero-order valence-electron chi connectivity index (χ0n) is 11.9. The number of carbonyl (C=O) groups excluding carboxylic acids is 1. The standard InChI is InChI=1S/C14H26N2O2/c1-14(2,3)18-13(17)16-8-7-12(10-16)15-9-11-5-4-6-11/h11-12,15H,4-10H2,1-3H3. The van der Waals surface area contributed by atoms with Gasteiger partial charge in [-0.05, 0) is 52.5 Å². The molecule has 4 nitrogen and oxygen atoms in total. The summed E-state index contributed by atoms with van der Waals surface area (Å²) < 4.78 is 5.39. The highest BCUT2D eigenvalue weighted by Crippen LogP contribution is 2.25. The largest absolute Gasteiger partial charge is 0.444 e. The Kier molecular flexibility index (Phi) is 4.15. The minimum atomic E-state index is -0.394. The molecule has 0 spiro atoms. The van der Waals surface area contributed by atoms with Crippen molar-refractivity contribution >= 4 is 6.09 Å². The summed E-state index contributed by atoms with van der Waals surface area (Å²) in [5, 5.41) is 3.58. The van der Waals surface area contributed by atoms with Crippen LogP contribution in [0.25, 0.3) is 0 Å². The second-order valence-corrected chi connectivity index (χ2v) is 6.62. The second kappa shape index (κ2) is 5.47. The third-order valence-electron chi connectivity index (χ3n) is 3.76. The molecule has 0 bridgehead atoms. The molecule has 1 saturated carbocycles. The summed E-state index contributed by atoms with van der Waals surface area (Å²) >= 11 is 0. The summed E-state index contributed by atoms with van der Waals surface area (Å²) in [6.45, 7) is 8.46. The predicted octanol–water partition coefficient (Wildman–Crippen LogP) is 2.39. The molecule has 1 saturated heterocycles. The maximum atomic E-state index is 11.9. The lowest BCUT2D eigenvalue weighted by molar-refractivity contribution is 0.0290. The van der Waals surface area contributed by atoms with Gasteiger partial charge in [-0.1, -0.05) is 6.42 Å². The van der Waals surface area contributed by atoms with E-state index in [9.17, 15) is 4.79 Å². The maximum Gasteiger partial charge on any atom is 0.410 e. The van der Waals surface area contributed by atoms with Gasteiger partial charge < -0.3 is 15.0 Å². The number of carbonyl (C=O) groups is 1. The van der Waals surface area contributed by atoms with Crippen molar-refractivity contribution < 1.29 is 9.53 Å². The first kappa shape index (κ1) is 13.7. The number of rotatable bonds is 3. The Morgan fingerprint density at radius 3 is 2.61 bits per heavy atom. The van der Waals surface area contributed by atoms with Crippen LogP contribution in [0.15, 0.2) is 0 Å².